The lowest BCUT2D eigenvalue weighted by Gasteiger charge is -2.20. The Balaban J connectivity index is 0.000000590. The van der Waals surface area contributed by atoms with E-state index in [1.807, 2.05) is 13.8 Å². The van der Waals surface area contributed by atoms with Gasteiger partial charge in [0.25, 0.3) is 5.41 Å². The van der Waals surface area contributed by atoms with Gasteiger partial charge in [-0.15, -0.1) is 0 Å². The van der Waals surface area contributed by atoms with Crippen molar-refractivity contribution in [3.8, 4) is 0 Å². The van der Waals surface area contributed by atoms with Gasteiger partial charge in [0.05, 0.1) is 22.1 Å². The zero-order chi connectivity index (χ0) is 22.3. The number of carboxylic acids is 2. The summed E-state index contributed by atoms with van der Waals surface area (Å²) in [6, 6.07) is 13.7. The van der Waals surface area contributed by atoms with Crippen LogP contribution in [0.25, 0.3) is 22.1 Å². The van der Waals surface area contributed by atoms with Gasteiger partial charge in [0, 0.05) is 0 Å². The molecule has 0 aliphatic rings. The second kappa shape index (κ2) is 9.69. The molecule has 0 fully saturated rings. The second-order valence-electron chi connectivity index (χ2n) is 6.27. The van der Waals surface area contributed by atoms with Crippen molar-refractivity contribution in [2.24, 2.45) is 0 Å². The molecule has 4 aromatic rings. The fourth-order valence-electron chi connectivity index (χ4n) is 2.87. The number of carbonyl (C=O) groups is 2. The summed E-state index contributed by atoms with van der Waals surface area (Å²) in [4.78, 5) is 38.2. The Hall–Kier alpha value is -3.68. The Bertz CT molecular complexity index is 990. The van der Waals surface area contributed by atoms with E-state index in [1.54, 1.807) is 48.5 Å². The number of imidazole rings is 2. The lowest BCUT2D eigenvalue weighted by Crippen LogP contribution is -2.46. The highest BCUT2D eigenvalue weighted by Gasteiger charge is 2.55. The van der Waals surface area contributed by atoms with Gasteiger partial charge in [0.1, 0.15) is 11.6 Å². The van der Waals surface area contributed by atoms with Crippen LogP contribution in [-0.2, 0) is 15.0 Å². The van der Waals surface area contributed by atoms with Crippen LogP contribution in [-0.4, -0.2) is 42.1 Å². The largest absolute Gasteiger partial charge is 0.480 e. The molecule has 158 valence electrons. The summed E-state index contributed by atoms with van der Waals surface area (Å²) in [5.41, 5.74) is -0.445. The number of nitrogens with one attached hydrogen (secondary N) is 2. The van der Waals surface area contributed by atoms with Crippen molar-refractivity contribution in [2.45, 2.75) is 39.5 Å². The third kappa shape index (κ3) is 3.89. The molecule has 0 aliphatic carbocycles. The maximum Gasteiger partial charge on any atom is 0.336 e. The van der Waals surface area contributed by atoms with Crippen molar-refractivity contribution in [2.75, 3.05) is 0 Å². The summed E-state index contributed by atoms with van der Waals surface area (Å²) in [7, 11) is 0. The fourth-order valence-corrected chi connectivity index (χ4v) is 2.87. The van der Waals surface area contributed by atoms with Gasteiger partial charge in [-0.3, -0.25) is 0 Å². The van der Waals surface area contributed by atoms with Crippen molar-refractivity contribution in [3.63, 3.8) is 0 Å². The molecule has 8 nitrogen and oxygen atoms in total. The van der Waals surface area contributed by atoms with Gasteiger partial charge in [0.15, 0.2) is 0 Å². The van der Waals surface area contributed by atoms with Crippen molar-refractivity contribution in [1.29, 1.82) is 0 Å². The number of nitrogens with zero attached hydrogens (tertiary/aromatic N) is 2. The minimum atomic E-state index is -2.47. The summed E-state index contributed by atoms with van der Waals surface area (Å²) in [6.45, 7) is 8.25. The monoisotopic (exact) mass is 410 g/mol. The summed E-state index contributed by atoms with van der Waals surface area (Å²) in [5, 5.41) is 19.7. The molecule has 0 saturated carbocycles. The smallest absolute Gasteiger partial charge is 0.336 e. The average Bonchev–Trinajstić information content (AvgIpc) is 3.34. The van der Waals surface area contributed by atoms with Crippen molar-refractivity contribution in [3.05, 3.63) is 60.2 Å². The van der Waals surface area contributed by atoms with Gasteiger partial charge >= 0.3 is 11.9 Å². The summed E-state index contributed by atoms with van der Waals surface area (Å²) < 4.78 is 0. The van der Waals surface area contributed by atoms with Crippen molar-refractivity contribution < 1.29 is 19.8 Å². The minimum absolute atomic E-state index is 0.215. The summed E-state index contributed by atoms with van der Waals surface area (Å²) in [5.74, 6) is -3.60. The van der Waals surface area contributed by atoms with Gasteiger partial charge in [-0.25, -0.2) is 19.6 Å². The molecule has 4 rings (SSSR count). The fraction of sp³-hybridized carbons (Fsp3) is 0.273. The Labute approximate surface area is 174 Å². The lowest BCUT2D eigenvalue weighted by atomic mass is 9.86. The van der Waals surface area contributed by atoms with E-state index in [4.69, 9.17) is 0 Å². The molecule has 2 heterocycles. The van der Waals surface area contributed by atoms with Gasteiger partial charge < -0.3 is 20.2 Å². The van der Waals surface area contributed by atoms with Crippen LogP contribution in [0.1, 0.15) is 45.8 Å². The van der Waals surface area contributed by atoms with Gasteiger partial charge in [0.2, 0.25) is 0 Å². The standard InChI is InChI=1S/C17H12N4O4.C3H8.C2H6/c22-15(23)17(16(24)25,13-18-9-5-1-2-6-10(9)19-13)14-20-11-7-3-4-8-12(11)21-14;1-3-2;1-2/h1-8H,(H,18,19)(H,20,21)(H,22,23)(H,24,25);3H2,1-2H3;1-2H3. The zero-order valence-electron chi connectivity index (χ0n) is 17.4. The Morgan fingerprint density at radius 3 is 1.43 bits per heavy atom. The predicted molar refractivity (Wildman–Crippen MR) is 116 cm³/mol. The van der Waals surface area contributed by atoms with E-state index >= 15 is 0 Å². The van der Waals surface area contributed by atoms with Crippen LogP contribution >= 0.6 is 0 Å². The number of H-pyrrole nitrogens is 2. The number of aliphatic carboxylic acids is 2. The van der Waals surface area contributed by atoms with Crippen molar-refractivity contribution >= 4 is 34.0 Å². The molecule has 0 amide bonds. The molecule has 0 aliphatic heterocycles. The molecule has 2 aromatic heterocycles. The van der Waals surface area contributed by atoms with Crippen LogP contribution in [0.4, 0.5) is 0 Å². The molecule has 0 atom stereocenters. The van der Waals surface area contributed by atoms with E-state index in [1.165, 1.54) is 6.42 Å². The minimum Gasteiger partial charge on any atom is -0.480 e. The third-order valence-corrected chi connectivity index (χ3v) is 4.13. The lowest BCUT2D eigenvalue weighted by molar-refractivity contribution is -0.155. The Morgan fingerprint density at radius 2 is 1.13 bits per heavy atom. The number of benzene rings is 2. The van der Waals surface area contributed by atoms with Crippen LogP contribution in [0, 0.1) is 0 Å². The van der Waals surface area contributed by atoms with E-state index in [0.717, 1.165) is 0 Å². The third-order valence-electron chi connectivity index (χ3n) is 4.13. The number of fused-ring (bicyclic) bond motifs is 2. The van der Waals surface area contributed by atoms with Gasteiger partial charge in [-0.1, -0.05) is 58.4 Å². The first kappa shape index (κ1) is 22.6. The molecule has 2 aromatic carbocycles. The normalized spacial score (nSPS) is 10.7. The number of carboxylic acid groups (broad SMARTS) is 2. The van der Waals surface area contributed by atoms with Crippen LogP contribution in [0.2, 0.25) is 0 Å². The van der Waals surface area contributed by atoms with E-state index in [2.05, 4.69) is 33.8 Å². The molecule has 4 N–H and O–H groups in total. The van der Waals surface area contributed by atoms with Crippen LogP contribution in [0.5, 0.6) is 0 Å². The SMILES string of the molecule is CC.CCC.O=C(O)C(C(=O)O)(c1nc2ccccc2[nH]1)c1nc2ccccc2[nH]1. The molecule has 0 unspecified atom stereocenters. The maximum atomic E-state index is 12.1. The van der Waals surface area contributed by atoms with E-state index < -0.39 is 17.4 Å². The first-order valence-electron chi connectivity index (χ1n) is 9.82. The van der Waals surface area contributed by atoms with Crippen LogP contribution in [0.3, 0.4) is 0 Å². The van der Waals surface area contributed by atoms with E-state index in [0.29, 0.717) is 22.1 Å². The van der Waals surface area contributed by atoms with E-state index in [9.17, 15) is 19.8 Å². The predicted octanol–water partition coefficient (Wildman–Crippen LogP) is 4.34. The van der Waals surface area contributed by atoms with Crippen LogP contribution in [0.15, 0.2) is 48.5 Å². The highest BCUT2D eigenvalue weighted by Crippen LogP contribution is 2.32. The maximum absolute atomic E-state index is 12.1. The van der Waals surface area contributed by atoms with Crippen molar-refractivity contribution in [1.82, 2.24) is 19.9 Å². The topological polar surface area (TPSA) is 132 Å². The molecule has 0 radical (unpaired) electrons. The second-order valence-corrected chi connectivity index (χ2v) is 6.27. The number of aromatic amines is 2. The number of rotatable bonds is 4. The molecule has 8 heteroatoms. The molecule has 0 bridgehead atoms. The molecule has 0 saturated heterocycles. The Morgan fingerprint density at radius 1 is 0.800 bits per heavy atom. The highest BCUT2D eigenvalue weighted by atomic mass is 16.4. The van der Waals surface area contributed by atoms with Gasteiger partial charge in [-0.2, -0.15) is 0 Å². The summed E-state index contributed by atoms with van der Waals surface area (Å²) >= 11 is 0. The first-order chi connectivity index (χ1) is 14.4. The zero-order valence-corrected chi connectivity index (χ0v) is 17.4. The summed E-state index contributed by atoms with van der Waals surface area (Å²) in [6.07, 6.45) is 1.25. The number of hydrogen-bond donors (Lipinski definition) is 4. The quantitative estimate of drug-likeness (QED) is 0.370. The first-order valence-corrected chi connectivity index (χ1v) is 9.82. The van der Waals surface area contributed by atoms with Gasteiger partial charge in [-0.05, 0) is 24.3 Å². The molecule has 0 spiro atoms. The number of hydrogen-bond acceptors (Lipinski definition) is 4. The number of para-hydroxylation sites is 4. The Kier molecular flexibility index (Phi) is 7.30. The molecule has 30 heavy (non-hydrogen) atoms. The number of aromatic nitrogens is 4. The van der Waals surface area contributed by atoms with E-state index in [-0.39, 0.29) is 11.6 Å². The molecular weight excluding hydrogens is 384 g/mol. The van der Waals surface area contributed by atoms with Crippen LogP contribution < -0.4 is 0 Å². The average molecular weight is 410 g/mol. The molecular formula is C22H26N4O4. The highest BCUT2D eigenvalue weighted by molar-refractivity contribution is 6.08.